The van der Waals surface area contributed by atoms with Crippen molar-refractivity contribution >= 4 is 5.96 Å². The van der Waals surface area contributed by atoms with Crippen molar-refractivity contribution < 1.29 is 13.9 Å². The summed E-state index contributed by atoms with van der Waals surface area (Å²) in [6.45, 7) is 7.69. The molecule has 1 aromatic heterocycles. The van der Waals surface area contributed by atoms with Crippen LogP contribution in [-0.4, -0.2) is 45.5 Å². The highest BCUT2D eigenvalue weighted by Crippen LogP contribution is 2.14. The first kappa shape index (κ1) is 17.8. The van der Waals surface area contributed by atoms with Gasteiger partial charge in [0.05, 0.1) is 6.26 Å². The predicted molar refractivity (Wildman–Crippen MR) is 90.5 cm³/mol. The standard InChI is InChI=1S/C17H29N3O3/c1-2-18-17(20-13-16-5-3-10-23-16)19-8-4-9-22-14-15-6-11-21-12-7-15/h3,5,10,15H,2,4,6-9,11-14H2,1H3,(H2,18,19,20). The van der Waals surface area contributed by atoms with Crippen molar-refractivity contribution in [3.8, 4) is 0 Å². The van der Waals surface area contributed by atoms with Crippen molar-refractivity contribution in [1.82, 2.24) is 10.6 Å². The number of furan rings is 1. The number of rotatable bonds is 9. The van der Waals surface area contributed by atoms with Gasteiger partial charge < -0.3 is 24.5 Å². The Kier molecular flexibility index (Phi) is 8.58. The molecule has 6 nitrogen and oxygen atoms in total. The lowest BCUT2D eigenvalue weighted by Crippen LogP contribution is -2.38. The van der Waals surface area contributed by atoms with Crippen LogP contribution < -0.4 is 10.6 Å². The molecule has 0 aromatic carbocycles. The van der Waals surface area contributed by atoms with E-state index in [-0.39, 0.29) is 0 Å². The second-order valence-electron chi connectivity index (χ2n) is 5.69. The summed E-state index contributed by atoms with van der Waals surface area (Å²) in [4.78, 5) is 4.49. The van der Waals surface area contributed by atoms with Gasteiger partial charge in [0.1, 0.15) is 12.3 Å². The zero-order valence-electron chi connectivity index (χ0n) is 14.1. The first-order chi connectivity index (χ1) is 11.4. The average Bonchev–Trinajstić information content (AvgIpc) is 3.10. The Morgan fingerprint density at radius 3 is 2.96 bits per heavy atom. The van der Waals surface area contributed by atoms with Crippen LogP contribution in [0.15, 0.2) is 27.8 Å². The molecular formula is C17H29N3O3. The second-order valence-corrected chi connectivity index (χ2v) is 5.69. The molecule has 1 aliphatic heterocycles. The number of ether oxygens (including phenoxy) is 2. The number of nitrogens with zero attached hydrogens (tertiary/aromatic N) is 1. The minimum Gasteiger partial charge on any atom is -0.467 e. The summed E-state index contributed by atoms with van der Waals surface area (Å²) in [6.07, 6.45) is 4.89. The monoisotopic (exact) mass is 323 g/mol. The zero-order chi connectivity index (χ0) is 16.2. The van der Waals surface area contributed by atoms with Crippen LogP contribution in [-0.2, 0) is 16.0 Å². The van der Waals surface area contributed by atoms with Gasteiger partial charge >= 0.3 is 0 Å². The van der Waals surface area contributed by atoms with E-state index in [9.17, 15) is 0 Å². The lowest BCUT2D eigenvalue weighted by atomic mass is 10.0. The third-order valence-electron chi connectivity index (χ3n) is 3.77. The van der Waals surface area contributed by atoms with Gasteiger partial charge in [-0.25, -0.2) is 4.99 Å². The summed E-state index contributed by atoms with van der Waals surface area (Å²) in [6, 6.07) is 3.80. The van der Waals surface area contributed by atoms with Crippen LogP contribution in [0.25, 0.3) is 0 Å². The molecule has 1 aliphatic rings. The van der Waals surface area contributed by atoms with Crippen molar-refractivity contribution in [3.63, 3.8) is 0 Å². The largest absolute Gasteiger partial charge is 0.467 e. The molecule has 0 spiro atoms. The SMILES string of the molecule is CCNC(=NCc1ccco1)NCCCOCC1CCOCC1. The van der Waals surface area contributed by atoms with Gasteiger partial charge in [-0.2, -0.15) is 0 Å². The lowest BCUT2D eigenvalue weighted by Gasteiger charge is -2.21. The number of aliphatic imine (C=N–C) groups is 1. The van der Waals surface area contributed by atoms with Crippen molar-refractivity contribution in [1.29, 1.82) is 0 Å². The molecule has 0 bridgehead atoms. The Morgan fingerprint density at radius 2 is 2.22 bits per heavy atom. The van der Waals surface area contributed by atoms with Crippen LogP contribution in [0.4, 0.5) is 0 Å². The molecule has 0 atom stereocenters. The number of guanidine groups is 1. The molecule has 1 aromatic rings. The van der Waals surface area contributed by atoms with Crippen molar-refractivity contribution in [2.75, 3.05) is 39.5 Å². The highest BCUT2D eigenvalue weighted by atomic mass is 16.5. The maximum absolute atomic E-state index is 5.76. The first-order valence-electron chi connectivity index (χ1n) is 8.58. The van der Waals surface area contributed by atoms with Crippen molar-refractivity contribution in [2.45, 2.75) is 32.7 Å². The summed E-state index contributed by atoms with van der Waals surface area (Å²) in [7, 11) is 0. The maximum atomic E-state index is 5.76. The molecule has 2 heterocycles. The molecule has 6 heteroatoms. The Hall–Kier alpha value is -1.53. The van der Waals surface area contributed by atoms with E-state index in [1.54, 1.807) is 6.26 Å². The molecule has 1 fully saturated rings. The topological polar surface area (TPSA) is 68.0 Å². The fourth-order valence-electron chi connectivity index (χ4n) is 2.45. The summed E-state index contributed by atoms with van der Waals surface area (Å²) >= 11 is 0. The molecule has 0 amide bonds. The van der Waals surface area contributed by atoms with Gasteiger partial charge in [0.15, 0.2) is 5.96 Å². The fourth-order valence-corrected chi connectivity index (χ4v) is 2.45. The highest BCUT2D eigenvalue weighted by molar-refractivity contribution is 5.79. The van der Waals surface area contributed by atoms with Crippen LogP contribution in [0.2, 0.25) is 0 Å². The molecule has 1 saturated heterocycles. The van der Waals surface area contributed by atoms with E-state index in [0.29, 0.717) is 12.5 Å². The van der Waals surface area contributed by atoms with Crippen molar-refractivity contribution in [2.24, 2.45) is 10.9 Å². The summed E-state index contributed by atoms with van der Waals surface area (Å²) in [5.74, 6) is 2.35. The third-order valence-corrected chi connectivity index (χ3v) is 3.77. The van der Waals surface area contributed by atoms with Crippen LogP contribution in [0.1, 0.15) is 31.9 Å². The van der Waals surface area contributed by atoms with Crippen LogP contribution in [0.3, 0.4) is 0 Å². The molecule has 2 N–H and O–H groups in total. The smallest absolute Gasteiger partial charge is 0.191 e. The number of hydrogen-bond acceptors (Lipinski definition) is 4. The molecule has 23 heavy (non-hydrogen) atoms. The van der Waals surface area contributed by atoms with E-state index < -0.39 is 0 Å². The van der Waals surface area contributed by atoms with Crippen LogP contribution >= 0.6 is 0 Å². The lowest BCUT2D eigenvalue weighted by molar-refractivity contribution is 0.0203. The van der Waals surface area contributed by atoms with Crippen molar-refractivity contribution in [3.05, 3.63) is 24.2 Å². The minimum atomic E-state index is 0.544. The molecule has 0 aliphatic carbocycles. The quantitative estimate of drug-likeness (QED) is 0.414. The molecule has 0 radical (unpaired) electrons. The van der Waals surface area contributed by atoms with E-state index in [2.05, 4.69) is 22.5 Å². The van der Waals surface area contributed by atoms with E-state index >= 15 is 0 Å². The number of nitrogens with one attached hydrogen (secondary N) is 2. The Labute approximate surface area is 138 Å². The van der Waals surface area contributed by atoms with E-state index in [1.807, 2.05) is 12.1 Å². The average molecular weight is 323 g/mol. The van der Waals surface area contributed by atoms with Gasteiger partial charge in [0.25, 0.3) is 0 Å². The summed E-state index contributed by atoms with van der Waals surface area (Å²) in [5.41, 5.74) is 0. The molecule has 0 saturated carbocycles. The number of hydrogen-bond donors (Lipinski definition) is 2. The van der Waals surface area contributed by atoms with Gasteiger partial charge in [0, 0.05) is 39.5 Å². The minimum absolute atomic E-state index is 0.544. The summed E-state index contributed by atoms with van der Waals surface area (Å²) in [5, 5.41) is 6.55. The molecule has 130 valence electrons. The Balaban J connectivity index is 1.55. The maximum Gasteiger partial charge on any atom is 0.191 e. The third kappa shape index (κ3) is 7.52. The molecule has 0 unspecified atom stereocenters. The van der Waals surface area contributed by atoms with Gasteiger partial charge in [-0.3, -0.25) is 0 Å². The van der Waals surface area contributed by atoms with Gasteiger partial charge in [-0.05, 0) is 44.2 Å². The van der Waals surface area contributed by atoms with Gasteiger partial charge in [-0.15, -0.1) is 0 Å². The van der Waals surface area contributed by atoms with E-state index in [1.165, 1.54) is 0 Å². The van der Waals surface area contributed by atoms with E-state index in [4.69, 9.17) is 13.9 Å². The summed E-state index contributed by atoms with van der Waals surface area (Å²) < 4.78 is 16.4. The van der Waals surface area contributed by atoms with Crippen LogP contribution in [0.5, 0.6) is 0 Å². The highest BCUT2D eigenvalue weighted by Gasteiger charge is 2.13. The zero-order valence-corrected chi connectivity index (χ0v) is 14.1. The van der Waals surface area contributed by atoms with Crippen LogP contribution in [0, 0.1) is 5.92 Å². The van der Waals surface area contributed by atoms with Gasteiger partial charge in [0.2, 0.25) is 0 Å². The van der Waals surface area contributed by atoms with Gasteiger partial charge in [-0.1, -0.05) is 0 Å². The van der Waals surface area contributed by atoms with E-state index in [0.717, 1.165) is 70.5 Å². The normalized spacial score (nSPS) is 16.5. The Bertz CT molecular complexity index is 428. The fraction of sp³-hybridized carbons (Fsp3) is 0.706. The molecule has 2 rings (SSSR count). The Morgan fingerprint density at radius 1 is 1.35 bits per heavy atom. The molecular weight excluding hydrogens is 294 g/mol. The predicted octanol–water partition coefficient (Wildman–Crippen LogP) is 2.17. The first-order valence-corrected chi connectivity index (χ1v) is 8.58. The second kappa shape index (κ2) is 11.1.